The number of hydrazine groups is 1. The van der Waals surface area contributed by atoms with E-state index in [1.165, 1.54) is 51.4 Å². The summed E-state index contributed by atoms with van der Waals surface area (Å²) in [6.07, 6.45) is 13.0. The molecule has 0 heterocycles. The lowest BCUT2D eigenvalue weighted by Gasteiger charge is -2.08. The second kappa shape index (κ2) is 15.3. The van der Waals surface area contributed by atoms with E-state index in [1.54, 1.807) is 0 Å². The first-order chi connectivity index (χ1) is 9.35. The fourth-order valence-electron chi connectivity index (χ4n) is 1.97. The van der Waals surface area contributed by atoms with Gasteiger partial charge in [0.2, 0.25) is 5.96 Å². The van der Waals surface area contributed by atoms with E-state index in [2.05, 4.69) is 29.6 Å². The SMILES string of the molecule is CCCCCCCCCCN=C(NN)NCCCC. The van der Waals surface area contributed by atoms with Crippen LogP contribution in [0.4, 0.5) is 0 Å². The predicted molar refractivity (Wildman–Crippen MR) is 85.1 cm³/mol. The van der Waals surface area contributed by atoms with Crippen LogP contribution in [-0.4, -0.2) is 19.0 Å². The van der Waals surface area contributed by atoms with Gasteiger partial charge < -0.3 is 5.32 Å². The summed E-state index contributed by atoms with van der Waals surface area (Å²) in [7, 11) is 0. The number of guanidine groups is 1. The summed E-state index contributed by atoms with van der Waals surface area (Å²) in [5.41, 5.74) is 2.63. The fraction of sp³-hybridized carbons (Fsp3) is 0.933. The summed E-state index contributed by atoms with van der Waals surface area (Å²) in [4.78, 5) is 4.43. The smallest absolute Gasteiger partial charge is 0.205 e. The Morgan fingerprint density at radius 2 is 1.42 bits per heavy atom. The highest BCUT2D eigenvalue weighted by Crippen LogP contribution is 2.08. The molecule has 4 nitrogen and oxygen atoms in total. The molecule has 0 saturated heterocycles. The lowest BCUT2D eigenvalue weighted by atomic mass is 10.1. The van der Waals surface area contributed by atoms with Gasteiger partial charge in [0.1, 0.15) is 0 Å². The van der Waals surface area contributed by atoms with E-state index in [9.17, 15) is 0 Å². The van der Waals surface area contributed by atoms with Gasteiger partial charge in [0.25, 0.3) is 0 Å². The summed E-state index contributed by atoms with van der Waals surface area (Å²) >= 11 is 0. The van der Waals surface area contributed by atoms with Crippen LogP contribution < -0.4 is 16.6 Å². The van der Waals surface area contributed by atoms with Crippen LogP contribution in [0.5, 0.6) is 0 Å². The number of hydrogen-bond acceptors (Lipinski definition) is 2. The molecule has 0 amide bonds. The van der Waals surface area contributed by atoms with Crippen LogP contribution >= 0.6 is 0 Å². The van der Waals surface area contributed by atoms with E-state index in [0.717, 1.165) is 31.9 Å². The number of nitrogens with zero attached hydrogens (tertiary/aromatic N) is 1. The zero-order valence-electron chi connectivity index (χ0n) is 13.0. The molecule has 0 aromatic carbocycles. The second-order valence-corrected chi connectivity index (χ2v) is 5.13. The molecular weight excluding hydrogens is 236 g/mol. The Kier molecular flexibility index (Phi) is 14.7. The Morgan fingerprint density at radius 1 is 0.842 bits per heavy atom. The first-order valence-electron chi connectivity index (χ1n) is 8.10. The van der Waals surface area contributed by atoms with Crippen LogP contribution in [-0.2, 0) is 0 Å². The molecule has 0 radical (unpaired) electrons. The maximum Gasteiger partial charge on any atom is 0.205 e. The molecule has 114 valence electrons. The molecule has 0 aromatic rings. The van der Waals surface area contributed by atoms with Crippen molar-refractivity contribution >= 4 is 5.96 Å². The van der Waals surface area contributed by atoms with Crippen molar-refractivity contribution in [3.63, 3.8) is 0 Å². The largest absolute Gasteiger partial charge is 0.355 e. The van der Waals surface area contributed by atoms with Gasteiger partial charge >= 0.3 is 0 Å². The normalized spacial score (nSPS) is 11.6. The molecule has 0 aliphatic carbocycles. The highest BCUT2D eigenvalue weighted by Gasteiger charge is 1.94. The van der Waals surface area contributed by atoms with E-state index < -0.39 is 0 Å². The van der Waals surface area contributed by atoms with Crippen molar-refractivity contribution in [3.8, 4) is 0 Å². The maximum atomic E-state index is 5.42. The van der Waals surface area contributed by atoms with Gasteiger partial charge in [0, 0.05) is 13.1 Å². The van der Waals surface area contributed by atoms with Crippen molar-refractivity contribution in [2.45, 2.75) is 78.1 Å². The number of nitrogens with one attached hydrogen (secondary N) is 2. The molecule has 0 rings (SSSR count). The molecule has 4 N–H and O–H groups in total. The van der Waals surface area contributed by atoms with Crippen LogP contribution in [0.15, 0.2) is 4.99 Å². The standard InChI is InChI=1S/C15H34N4/c1-3-5-7-8-9-10-11-12-14-18-15(19-16)17-13-6-4-2/h3-14,16H2,1-2H3,(H2,17,18,19). The minimum absolute atomic E-state index is 0.733. The molecule has 0 unspecified atom stereocenters. The fourth-order valence-corrected chi connectivity index (χ4v) is 1.97. The Labute approximate surface area is 119 Å². The molecule has 0 fully saturated rings. The molecule has 19 heavy (non-hydrogen) atoms. The van der Waals surface area contributed by atoms with Gasteiger partial charge in [-0.1, -0.05) is 65.2 Å². The summed E-state index contributed by atoms with van der Waals surface area (Å²) in [6.45, 7) is 6.25. The lowest BCUT2D eigenvalue weighted by molar-refractivity contribution is 0.578. The zero-order valence-corrected chi connectivity index (χ0v) is 13.0. The summed E-state index contributed by atoms with van der Waals surface area (Å²) in [5.74, 6) is 6.15. The monoisotopic (exact) mass is 270 g/mol. The molecule has 0 spiro atoms. The number of rotatable bonds is 12. The molecule has 0 atom stereocenters. The highest BCUT2D eigenvalue weighted by molar-refractivity contribution is 5.79. The van der Waals surface area contributed by atoms with E-state index in [0.29, 0.717) is 0 Å². The van der Waals surface area contributed by atoms with E-state index in [-0.39, 0.29) is 0 Å². The first-order valence-corrected chi connectivity index (χ1v) is 8.10. The minimum atomic E-state index is 0.733. The Hall–Kier alpha value is -0.770. The van der Waals surface area contributed by atoms with Crippen LogP contribution in [0, 0.1) is 0 Å². The Bertz CT molecular complexity index is 204. The van der Waals surface area contributed by atoms with Gasteiger partial charge in [-0.3, -0.25) is 10.4 Å². The summed E-state index contributed by atoms with van der Waals surface area (Å²) < 4.78 is 0. The van der Waals surface area contributed by atoms with Gasteiger partial charge in [-0.05, 0) is 12.8 Å². The van der Waals surface area contributed by atoms with E-state index >= 15 is 0 Å². The first kappa shape index (κ1) is 18.2. The van der Waals surface area contributed by atoms with Gasteiger partial charge in [-0.2, -0.15) is 0 Å². The van der Waals surface area contributed by atoms with Crippen LogP contribution in [0.2, 0.25) is 0 Å². The van der Waals surface area contributed by atoms with Crippen molar-refractivity contribution in [2.75, 3.05) is 13.1 Å². The van der Waals surface area contributed by atoms with Crippen molar-refractivity contribution < 1.29 is 0 Å². The van der Waals surface area contributed by atoms with Crippen molar-refractivity contribution in [3.05, 3.63) is 0 Å². The predicted octanol–water partition coefficient (Wildman–Crippen LogP) is 3.34. The van der Waals surface area contributed by atoms with E-state index in [4.69, 9.17) is 5.84 Å². The average molecular weight is 270 g/mol. The quantitative estimate of drug-likeness (QED) is 0.168. The van der Waals surface area contributed by atoms with Gasteiger partial charge in [0.05, 0.1) is 0 Å². The highest BCUT2D eigenvalue weighted by atomic mass is 15.3. The van der Waals surface area contributed by atoms with Gasteiger partial charge in [-0.25, -0.2) is 5.84 Å². The second-order valence-electron chi connectivity index (χ2n) is 5.13. The Morgan fingerprint density at radius 3 is 2.00 bits per heavy atom. The molecule has 0 aromatic heterocycles. The average Bonchev–Trinajstić information content (AvgIpc) is 2.43. The number of hydrogen-bond donors (Lipinski definition) is 3. The van der Waals surface area contributed by atoms with Crippen molar-refractivity contribution in [1.82, 2.24) is 10.7 Å². The molecule has 0 aliphatic heterocycles. The lowest BCUT2D eigenvalue weighted by Crippen LogP contribution is -2.42. The third kappa shape index (κ3) is 13.5. The minimum Gasteiger partial charge on any atom is -0.355 e. The molecule has 0 saturated carbocycles. The third-order valence-electron chi connectivity index (χ3n) is 3.24. The molecule has 0 aliphatic rings. The van der Waals surface area contributed by atoms with Crippen molar-refractivity contribution in [1.29, 1.82) is 0 Å². The number of nitrogens with two attached hydrogens (primary N) is 1. The number of unbranched alkanes of at least 4 members (excludes halogenated alkanes) is 8. The number of aliphatic imine (C=N–C) groups is 1. The third-order valence-corrected chi connectivity index (χ3v) is 3.24. The maximum absolute atomic E-state index is 5.42. The zero-order chi connectivity index (χ0) is 14.2. The molecule has 0 bridgehead atoms. The molecular formula is C15H34N4. The summed E-state index contributed by atoms with van der Waals surface area (Å²) in [6, 6.07) is 0. The van der Waals surface area contributed by atoms with Crippen LogP contribution in [0.1, 0.15) is 78.1 Å². The van der Waals surface area contributed by atoms with Crippen molar-refractivity contribution in [2.24, 2.45) is 10.8 Å². The Balaban J connectivity index is 3.37. The van der Waals surface area contributed by atoms with Crippen LogP contribution in [0.3, 0.4) is 0 Å². The van der Waals surface area contributed by atoms with E-state index in [1.807, 2.05) is 0 Å². The van der Waals surface area contributed by atoms with Crippen LogP contribution in [0.25, 0.3) is 0 Å². The topological polar surface area (TPSA) is 62.4 Å². The van der Waals surface area contributed by atoms with Gasteiger partial charge in [0.15, 0.2) is 0 Å². The summed E-state index contributed by atoms with van der Waals surface area (Å²) in [5, 5.41) is 3.21. The molecule has 4 heteroatoms. The van der Waals surface area contributed by atoms with Gasteiger partial charge in [-0.15, -0.1) is 0 Å².